The van der Waals surface area contributed by atoms with Gasteiger partial charge in [0.2, 0.25) is 5.91 Å². The highest BCUT2D eigenvalue weighted by molar-refractivity contribution is 6.42. The third kappa shape index (κ3) is 4.25. The lowest BCUT2D eigenvalue weighted by Gasteiger charge is -2.17. The molecule has 0 fully saturated rings. The molecule has 1 amide bonds. The van der Waals surface area contributed by atoms with Crippen molar-refractivity contribution in [1.29, 1.82) is 0 Å². The van der Waals surface area contributed by atoms with Gasteiger partial charge in [-0.3, -0.25) is 4.79 Å². The van der Waals surface area contributed by atoms with Crippen LogP contribution in [0.15, 0.2) is 36.4 Å². The Hall–Kier alpha value is -1.55. The van der Waals surface area contributed by atoms with Gasteiger partial charge in [-0.1, -0.05) is 42.3 Å². The average Bonchev–Trinajstić information content (AvgIpc) is 2.53. The van der Waals surface area contributed by atoms with Gasteiger partial charge in [-0.25, -0.2) is 0 Å². The van der Waals surface area contributed by atoms with E-state index in [1.54, 1.807) is 18.2 Å². The van der Waals surface area contributed by atoms with E-state index in [9.17, 15) is 4.79 Å². The number of hydrogen-bond donors (Lipinski definition) is 2. The molecular formula is C18H20Cl2N2O. The van der Waals surface area contributed by atoms with E-state index in [1.807, 2.05) is 18.2 Å². The van der Waals surface area contributed by atoms with Crippen molar-refractivity contribution in [1.82, 2.24) is 0 Å². The zero-order valence-electron chi connectivity index (χ0n) is 13.2. The molecule has 2 rings (SSSR count). The molecule has 3 nitrogen and oxygen atoms in total. The number of carbonyl (C=O) groups is 1. The fourth-order valence-electron chi connectivity index (χ4n) is 2.48. The molecule has 5 heteroatoms. The van der Waals surface area contributed by atoms with E-state index in [4.69, 9.17) is 28.9 Å². The number of carbonyl (C=O) groups excluding carboxylic acids is 1. The van der Waals surface area contributed by atoms with E-state index in [-0.39, 0.29) is 12.5 Å². The molecule has 3 N–H and O–H groups in total. The molecule has 0 radical (unpaired) electrons. The monoisotopic (exact) mass is 350 g/mol. The largest absolute Gasteiger partial charge is 0.329 e. The van der Waals surface area contributed by atoms with Crippen LogP contribution in [0, 0.1) is 6.92 Å². The second kappa shape index (κ2) is 7.82. The first-order chi connectivity index (χ1) is 11.0. The Balaban J connectivity index is 2.21. The number of nitrogens with two attached hydrogens (primary N) is 1. The summed E-state index contributed by atoms with van der Waals surface area (Å²) in [5, 5.41) is 3.80. The fraction of sp³-hybridized carbons (Fsp3) is 0.278. The summed E-state index contributed by atoms with van der Waals surface area (Å²) in [6.45, 7) is 4.34. The number of halogens is 2. The van der Waals surface area contributed by atoms with Gasteiger partial charge in [-0.2, -0.15) is 0 Å². The second-order valence-electron chi connectivity index (χ2n) is 5.45. The summed E-state index contributed by atoms with van der Waals surface area (Å²) < 4.78 is 0. The van der Waals surface area contributed by atoms with E-state index in [0.29, 0.717) is 10.0 Å². The molecule has 2 aromatic carbocycles. The number of rotatable bonds is 5. The number of nitrogens with one attached hydrogen (secondary N) is 1. The Labute approximate surface area is 146 Å². The molecule has 0 saturated heterocycles. The highest BCUT2D eigenvalue weighted by atomic mass is 35.5. The quantitative estimate of drug-likeness (QED) is 0.831. The number of benzene rings is 2. The van der Waals surface area contributed by atoms with Crippen LogP contribution in [-0.2, 0) is 11.2 Å². The minimum absolute atomic E-state index is 0.156. The van der Waals surface area contributed by atoms with Crippen LogP contribution in [0.25, 0.3) is 0 Å². The molecule has 23 heavy (non-hydrogen) atoms. The third-order valence-corrected chi connectivity index (χ3v) is 4.63. The minimum Gasteiger partial charge on any atom is -0.329 e. The Morgan fingerprint density at radius 2 is 1.91 bits per heavy atom. The van der Waals surface area contributed by atoms with Crippen LogP contribution in [0.3, 0.4) is 0 Å². The van der Waals surface area contributed by atoms with E-state index in [0.717, 1.165) is 17.7 Å². The molecule has 2 aromatic rings. The predicted molar refractivity (Wildman–Crippen MR) is 97.4 cm³/mol. The first kappa shape index (κ1) is 17.8. The molecule has 0 saturated carbocycles. The standard InChI is InChI=1S/C18H20Cl2N2O/c1-3-12-8-14(6-4-11(12)2)22-18(23)15(10-21)13-5-7-16(19)17(20)9-13/h4-9,15H,3,10,21H2,1-2H3,(H,22,23). The summed E-state index contributed by atoms with van der Waals surface area (Å²) >= 11 is 12.0. The van der Waals surface area contributed by atoms with Crippen LogP contribution in [0.4, 0.5) is 5.69 Å². The van der Waals surface area contributed by atoms with E-state index >= 15 is 0 Å². The van der Waals surface area contributed by atoms with Crippen LogP contribution in [0.1, 0.15) is 29.5 Å². The van der Waals surface area contributed by atoms with Crippen molar-refractivity contribution in [3.8, 4) is 0 Å². The van der Waals surface area contributed by atoms with Gasteiger partial charge in [-0.15, -0.1) is 0 Å². The summed E-state index contributed by atoms with van der Waals surface area (Å²) in [4.78, 5) is 12.6. The Morgan fingerprint density at radius 3 is 2.52 bits per heavy atom. The van der Waals surface area contributed by atoms with E-state index in [1.165, 1.54) is 11.1 Å². The molecule has 0 aliphatic carbocycles. The van der Waals surface area contributed by atoms with Crippen LogP contribution in [0.2, 0.25) is 10.0 Å². The second-order valence-corrected chi connectivity index (χ2v) is 6.26. The van der Waals surface area contributed by atoms with Crippen LogP contribution >= 0.6 is 23.2 Å². The number of anilines is 1. The van der Waals surface area contributed by atoms with Crippen molar-refractivity contribution in [2.75, 3.05) is 11.9 Å². The lowest BCUT2D eigenvalue weighted by atomic mass is 9.98. The van der Waals surface area contributed by atoms with Crippen molar-refractivity contribution in [3.63, 3.8) is 0 Å². The average molecular weight is 351 g/mol. The normalized spacial score (nSPS) is 12.0. The number of amides is 1. The summed E-state index contributed by atoms with van der Waals surface area (Å²) in [5.41, 5.74) is 9.74. The van der Waals surface area contributed by atoms with Gasteiger partial charge >= 0.3 is 0 Å². The Bertz CT molecular complexity index is 716. The summed E-state index contributed by atoms with van der Waals surface area (Å²) in [6.07, 6.45) is 0.919. The molecule has 0 spiro atoms. The SMILES string of the molecule is CCc1cc(NC(=O)C(CN)c2ccc(Cl)c(Cl)c2)ccc1C. The highest BCUT2D eigenvalue weighted by Crippen LogP contribution is 2.27. The fourth-order valence-corrected chi connectivity index (χ4v) is 2.79. The van der Waals surface area contributed by atoms with Gasteiger partial charge in [0.25, 0.3) is 0 Å². The van der Waals surface area contributed by atoms with Crippen molar-refractivity contribution in [3.05, 3.63) is 63.1 Å². The van der Waals surface area contributed by atoms with Gasteiger partial charge in [0, 0.05) is 12.2 Å². The summed E-state index contributed by atoms with van der Waals surface area (Å²) in [5.74, 6) is -0.632. The maximum absolute atomic E-state index is 12.6. The van der Waals surface area contributed by atoms with Crippen LogP contribution in [0.5, 0.6) is 0 Å². The Morgan fingerprint density at radius 1 is 1.17 bits per heavy atom. The topological polar surface area (TPSA) is 55.1 Å². The van der Waals surface area contributed by atoms with Crippen molar-refractivity contribution < 1.29 is 4.79 Å². The number of hydrogen-bond acceptors (Lipinski definition) is 2. The first-order valence-electron chi connectivity index (χ1n) is 7.51. The molecular weight excluding hydrogens is 331 g/mol. The zero-order valence-corrected chi connectivity index (χ0v) is 14.7. The molecule has 0 aromatic heterocycles. The van der Waals surface area contributed by atoms with E-state index < -0.39 is 5.92 Å². The molecule has 0 bridgehead atoms. The van der Waals surface area contributed by atoms with Crippen LogP contribution in [-0.4, -0.2) is 12.5 Å². The lowest BCUT2D eigenvalue weighted by Crippen LogP contribution is -2.27. The molecule has 122 valence electrons. The molecule has 1 unspecified atom stereocenters. The zero-order chi connectivity index (χ0) is 17.0. The maximum atomic E-state index is 12.6. The van der Waals surface area contributed by atoms with Gasteiger partial charge in [0.05, 0.1) is 16.0 Å². The van der Waals surface area contributed by atoms with Gasteiger partial charge < -0.3 is 11.1 Å². The molecule has 0 aliphatic rings. The van der Waals surface area contributed by atoms with Crippen molar-refractivity contribution >= 4 is 34.8 Å². The summed E-state index contributed by atoms with van der Waals surface area (Å²) in [7, 11) is 0. The van der Waals surface area contributed by atoms with Crippen molar-refractivity contribution in [2.24, 2.45) is 5.73 Å². The van der Waals surface area contributed by atoms with Gasteiger partial charge in [0.15, 0.2) is 0 Å². The third-order valence-electron chi connectivity index (χ3n) is 3.90. The van der Waals surface area contributed by atoms with E-state index in [2.05, 4.69) is 19.2 Å². The first-order valence-corrected chi connectivity index (χ1v) is 8.27. The molecule has 1 atom stereocenters. The maximum Gasteiger partial charge on any atom is 0.233 e. The van der Waals surface area contributed by atoms with Crippen LogP contribution < -0.4 is 11.1 Å². The van der Waals surface area contributed by atoms with Gasteiger partial charge in [-0.05, 0) is 54.3 Å². The Kier molecular flexibility index (Phi) is 6.05. The summed E-state index contributed by atoms with van der Waals surface area (Å²) in [6, 6.07) is 11.0. The smallest absolute Gasteiger partial charge is 0.233 e. The van der Waals surface area contributed by atoms with Crippen molar-refractivity contribution in [2.45, 2.75) is 26.2 Å². The van der Waals surface area contributed by atoms with Gasteiger partial charge in [0.1, 0.15) is 0 Å². The minimum atomic E-state index is -0.476. The predicted octanol–water partition coefficient (Wildman–Crippen LogP) is 4.55. The molecule has 0 heterocycles. The molecule has 0 aliphatic heterocycles. The highest BCUT2D eigenvalue weighted by Gasteiger charge is 2.20. The number of aryl methyl sites for hydroxylation is 2. The lowest BCUT2D eigenvalue weighted by molar-refractivity contribution is -0.117.